The quantitative estimate of drug-likeness (QED) is 0.750. The molecular formula is C20H22N4O2S. The smallest absolute Gasteiger partial charge is 0.253 e. The zero-order chi connectivity index (χ0) is 18.8. The molecule has 1 amide bonds. The summed E-state index contributed by atoms with van der Waals surface area (Å²) in [5.74, 6) is 1.34. The van der Waals surface area contributed by atoms with Gasteiger partial charge in [-0.3, -0.25) is 4.79 Å². The van der Waals surface area contributed by atoms with Crippen LogP contribution in [0.15, 0.2) is 35.7 Å². The second-order valence-electron chi connectivity index (χ2n) is 6.85. The molecule has 1 saturated heterocycles. The number of fused-ring (bicyclic) bond motifs is 1. The highest BCUT2D eigenvalue weighted by atomic mass is 32.1. The van der Waals surface area contributed by atoms with E-state index in [0.717, 1.165) is 35.2 Å². The number of piperidine rings is 1. The number of rotatable bonds is 4. The fourth-order valence-electron chi connectivity index (χ4n) is 3.31. The molecule has 2 aromatic heterocycles. The summed E-state index contributed by atoms with van der Waals surface area (Å²) in [4.78, 5) is 24.2. The average Bonchev–Trinajstić information content (AvgIpc) is 3.14. The van der Waals surface area contributed by atoms with Gasteiger partial charge in [-0.2, -0.15) is 4.98 Å². The molecule has 4 rings (SSSR count). The molecule has 0 radical (unpaired) electrons. The lowest BCUT2D eigenvalue weighted by atomic mass is 10.0. The molecule has 1 aromatic carbocycles. The first-order chi connectivity index (χ1) is 13.1. The van der Waals surface area contributed by atoms with Crippen LogP contribution >= 0.6 is 11.3 Å². The van der Waals surface area contributed by atoms with E-state index in [1.165, 1.54) is 0 Å². The molecule has 1 aliphatic heterocycles. The van der Waals surface area contributed by atoms with Crippen molar-refractivity contribution in [1.29, 1.82) is 0 Å². The number of carbonyl (C=O) groups excluding carboxylic acids is 1. The SMILES string of the molecule is Cc1nc(OCc2ccc(C(=O)N3CCCC(N)C3)cc2)c2ccsc2n1. The number of ether oxygens (including phenoxy) is 1. The van der Waals surface area contributed by atoms with Crippen molar-refractivity contribution in [1.82, 2.24) is 14.9 Å². The lowest BCUT2D eigenvalue weighted by molar-refractivity contribution is 0.0709. The minimum Gasteiger partial charge on any atom is -0.472 e. The van der Waals surface area contributed by atoms with Crippen molar-refractivity contribution in [2.45, 2.75) is 32.4 Å². The third-order valence-electron chi connectivity index (χ3n) is 4.72. The summed E-state index contributed by atoms with van der Waals surface area (Å²) in [5.41, 5.74) is 7.66. The highest BCUT2D eigenvalue weighted by Gasteiger charge is 2.22. The first-order valence-corrected chi connectivity index (χ1v) is 9.96. The molecule has 1 fully saturated rings. The minimum absolute atomic E-state index is 0.0454. The lowest BCUT2D eigenvalue weighted by Gasteiger charge is -2.30. The summed E-state index contributed by atoms with van der Waals surface area (Å²) in [6, 6.07) is 9.62. The van der Waals surface area contributed by atoms with E-state index >= 15 is 0 Å². The van der Waals surface area contributed by atoms with Crippen LogP contribution in [0.4, 0.5) is 0 Å². The highest BCUT2D eigenvalue weighted by molar-refractivity contribution is 7.16. The molecule has 0 aliphatic carbocycles. The van der Waals surface area contributed by atoms with Gasteiger partial charge < -0.3 is 15.4 Å². The summed E-state index contributed by atoms with van der Waals surface area (Å²) in [6.45, 7) is 3.66. The summed E-state index contributed by atoms with van der Waals surface area (Å²) in [6.07, 6.45) is 1.95. The van der Waals surface area contributed by atoms with Gasteiger partial charge in [-0.1, -0.05) is 12.1 Å². The molecule has 6 nitrogen and oxygen atoms in total. The number of likely N-dealkylation sites (tertiary alicyclic amines) is 1. The molecule has 27 heavy (non-hydrogen) atoms. The fourth-order valence-corrected chi connectivity index (χ4v) is 4.11. The van der Waals surface area contributed by atoms with E-state index in [0.29, 0.717) is 30.4 Å². The number of aromatic nitrogens is 2. The van der Waals surface area contributed by atoms with Gasteiger partial charge in [0, 0.05) is 24.7 Å². The number of hydrogen-bond donors (Lipinski definition) is 1. The zero-order valence-electron chi connectivity index (χ0n) is 15.2. The van der Waals surface area contributed by atoms with Gasteiger partial charge >= 0.3 is 0 Å². The van der Waals surface area contributed by atoms with E-state index in [-0.39, 0.29) is 11.9 Å². The van der Waals surface area contributed by atoms with Crippen LogP contribution in [0.2, 0.25) is 0 Å². The molecule has 1 atom stereocenters. The molecule has 3 aromatic rings. The van der Waals surface area contributed by atoms with Gasteiger partial charge in [0.1, 0.15) is 17.3 Å². The van der Waals surface area contributed by atoms with Gasteiger partial charge in [0.15, 0.2) is 0 Å². The van der Waals surface area contributed by atoms with Crippen molar-refractivity contribution in [2.75, 3.05) is 13.1 Å². The van der Waals surface area contributed by atoms with E-state index < -0.39 is 0 Å². The lowest BCUT2D eigenvalue weighted by Crippen LogP contribution is -2.45. The second-order valence-corrected chi connectivity index (χ2v) is 7.75. The van der Waals surface area contributed by atoms with E-state index in [1.54, 1.807) is 11.3 Å². The molecule has 0 bridgehead atoms. The van der Waals surface area contributed by atoms with Gasteiger partial charge in [0.2, 0.25) is 5.88 Å². The van der Waals surface area contributed by atoms with E-state index in [1.807, 2.05) is 47.5 Å². The van der Waals surface area contributed by atoms with Crippen molar-refractivity contribution in [3.8, 4) is 5.88 Å². The molecule has 7 heteroatoms. The van der Waals surface area contributed by atoms with Crippen LogP contribution in [0, 0.1) is 6.92 Å². The molecule has 0 spiro atoms. The average molecular weight is 382 g/mol. The predicted octanol–water partition coefficient (Wildman–Crippen LogP) is 3.14. The van der Waals surface area contributed by atoms with Crippen molar-refractivity contribution in [3.05, 3.63) is 52.7 Å². The first-order valence-electron chi connectivity index (χ1n) is 9.08. The van der Waals surface area contributed by atoms with Crippen LogP contribution in [0.1, 0.15) is 34.6 Å². The summed E-state index contributed by atoms with van der Waals surface area (Å²) in [5, 5.41) is 2.91. The molecule has 0 saturated carbocycles. The van der Waals surface area contributed by atoms with Crippen molar-refractivity contribution in [2.24, 2.45) is 5.73 Å². The Morgan fingerprint density at radius 2 is 2.11 bits per heavy atom. The summed E-state index contributed by atoms with van der Waals surface area (Å²) in [7, 11) is 0. The number of thiophene rings is 1. The maximum absolute atomic E-state index is 12.6. The van der Waals surface area contributed by atoms with Crippen molar-refractivity contribution < 1.29 is 9.53 Å². The maximum atomic E-state index is 12.6. The number of aryl methyl sites for hydroxylation is 1. The van der Waals surface area contributed by atoms with Gasteiger partial charge in [0.25, 0.3) is 5.91 Å². The van der Waals surface area contributed by atoms with Crippen LogP contribution in [0.25, 0.3) is 10.2 Å². The molecule has 3 heterocycles. The van der Waals surface area contributed by atoms with Gasteiger partial charge in [-0.05, 0) is 48.9 Å². The van der Waals surface area contributed by atoms with Crippen LogP contribution < -0.4 is 10.5 Å². The Kier molecular flexibility index (Phi) is 5.05. The zero-order valence-corrected chi connectivity index (χ0v) is 16.0. The van der Waals surface area contributed by atoms with Crippen LogP contribution in [0.3, 0.4) is 0 Å². The number of nitrogens with two attached hydrogens (primary N) is 1. The van der Waals surface area contributed by atoms with Gasteiger partial charge in [0.05, 0.1) is 5.39 Å². The molecule has 140 valence electrons. The largest absolute Gasteiger partial charge is 0.472 e. The third kappa shape index (κ3) is 3.94. The van der Waals surface area contributed by atoms with Gasteiger partial charge in [-0.25, -0.2) is 4.98 Å². The second kappa shape index (κ2) is 7.62. The minimum atomic E-state index is 0.0454. The Labute approximate surface area is 162 Å². The van der Waals surface area contributed by atoms with E-state index in [2.05, 4.69) is 9.97 Å². The summed E-state index contributed by atoms with van der Waals surface area (Å²) >= 11 is 1.57. The number of nitrogens with zero attached hydrogens (tertiary/aromatic N) is 3. The predicted molar refractivity (Wildman–Crippen MR) is 106 cm³/mol. The Morgan fingerprint density at radius 1 is 1.30 bits per heavy atom. The Bertz CT molecular complexity index is 954. The summed E-state index contributed by atoms with van der Waals surface area (Å²) < 4.78 is 5.92. The van der Waals surface area contributed by atoms with Crippen molar-refractivity contribution in [3.63, 3.8) is 0 Å². The first kappa shape index (κ1) is 17.9. The highest BCUT2D eigenvalue weighted by Crippen LogP contribution is 2.27. The molecule has 2 N–H and O–H groups in total. The maximum Gasteiger partial charge on any atom is 0.253 e. The topological polar surface area (TPSA) is 81.3 Å². The number of amides is 1. The molecule has 1 aliphatic rings. The van der Waals surface area contributed by atoms with Crippen LogP contribution in [-0.2, 0) is 6.61 Å². The van der Waals surface area contributed by atoms with Gasteiger partial charge in [-0.15, -0.1) is 11.3 Å². The fraction of sp³-hybridized carbons (Fsp3) is 0.350. The molecular weight excluding hydrogens is 360 g/mol. The Hall–Kier alpha value is -2.51. The van der Waals surface area contributed by atoms with E-state index in [4.69, 9.17) is 10.5 Å². The van der Waals surface area contributed by atoms with Crippen LogP contribution in [0.5, 0.6) is 5.88 Å². The standard InChI is InChI=1S/C20H22N4O2S/c1-13-22-18(17-8-10-27-19(17)23-13)26-12-14-4-6-15(7-5-14)20(25)24-9-2-3-16(21)11-24/h4-8,10,16H,2-3,9,11-12,21H2,1H3. The Morgan fingerprint density at radius 3 is 2.89 bits per heavy atom. The number of hydrogen-bond acceptors (Lipinski definition) is 6. The van der Waals surface area contributed by atoms with E-state index in [9.17, 15) is 4.79 Å². The normalized spacial score (nSPS) is 17.3. The monoisotopic (exact) mass is 382 g/mol. The number of benzene rings is 1. The Balaban J connectivity index is 1.43. The molecule has 1 unspecified atom stereocenters. The number of carbonyl (C=O) groups is 1. The third-order valence-corrected chi connectivity index (χ3v) is 5.53. The van der Waals surface area contributed by atoms with Crippen LogP contribution in [-0.4, -0.2) is 39.9 Å². The van der Waals surface area contributed by atoms with Crippen molar-refractivity contribution >= 4 is 27.5 Å².